The highest BCUT2D eigenvalue weighted by atomic mass is 32.3. The number of nitrogens with zero attached hydrogens (tertiary/aromatic N) is 1. The fraction of sp³-hybridized carbons (Fsp3) is 0.111. The second-order valence-electron chi connectivity index (χ2n) is 5.38. The van der Waals surface area contributed by atoms with Gasteiger partial charge in [0.25, 0.3) is 0 Å². The summed E-state index contributed by atoms with van der Waals surface area (Å²) in [4.78, 5) is 11.9. The van der Waals surface area contributed by atoms with Gasteiger partial charge in [0.2, 0.25) is 0 Å². The molecule has 3 N–H and O–H groups in total. The molecule has 0 amide bonds. The van der Waals surface area contributed by atoms with Crippen molar-refractivity contribution in [2.24, 2.45) is 0 Å². The van der Waals surface area contributed by atoms with E-state index in [0.717, 1.165) is 22.6 Å². The second-order valence-corrected chi connectivity index (χ2v) is 6.28. The molecule has 3 rings (SSSR count). The predicted molar refractivity (Wildman–Crippen MR) is 102 cm³/mol. The number of carbonyl (C=O) groups excluding carboxylic acids is 1. The first-order valence-corrected chi connectivity index (χ1v) is 9.20. The van der Waals surface area contributed by atoms with Gasteiger partial charge in [0, 0.05) is 5.56 Å². The third-order valence-electron chi connectivity index (χ3n) is 3.59. The van der Waals surface area contributed by atoms with Gasteiger partial charge in [-0.25, -0.2) is 4.79 Å². The molecule has 0 radical (unpaired) electrons. The minimum Gasteiger partial charge on any atom is -0.497 e. The number of ether oxygens (including phenoxy) is 2. The van der Waals surface area contributed by atoms with Crippen molar-refractivity contribution < 1.29 is 31.8 Å². The van der Waals surface area contributed by atoms with E-state index in [1.54, 1.807) is 19.2 Å². The summed E-state index contributed by atoms with van der Waals surface area (Å²) in [5, 5.41) is 7.32. The van der Waals surface area contributed by atoms with Crippen molar-refractivity contribution in [3.63, 3.8) is 0 Å². The quantitative estimate of drug-likeness (QED) is 0.444. The van der Waals surface area contributed by atoms with Gasteiger partial charge in [-0.05, 0) is 42.0 Å². The highest BCUT2D eigenvalue weighted by molar-refractivity contribution is 7.79. The Kier molecular flexibility index (Phi) is 6.88. The first-order valence-electron chi connectivity index (χ1n) is 7.80. The number of hydrogen-bond donors (Lipinski definition) is 3. The number of hydrogen-bond acceptors (Lipinski definition) is 6. The number of rotatable bonds is 4. The summed E-state index contributed by atoms with van der Waals surface area (Å²) in [6.45, 7) is 0. The van der Waals surface area contributed by atoms with Crippen LogP contribution in [0.3, 0.4) is 0 Å². The topological polar surface area (TPSA) is 139 Å². The van der Waals surface area contributed by atoms with Gasteiger partial charge in [0.15, 0.2) is 0 Å². The maximum absolute atomic E-state index is 11.9. The van der Waals surface area contributed by atoms with Crippen molar-refractivity contribution in [2.45, 2.75) is 0 Å². The zero-order chi connectivity index (χ0) is 20.7. The van der Waals surface area contributed by atoms with E-state index in [0.29, 0.717) is 11.3 Å². The smallest absolute Gasteiger partial charge is 0.394 e. The number of esters is 1. The summed E-state index contributed by atoms with van der Waals surface area (Å²) >= 11 is 0. The first-order chi connectivity index (χ1) is 13.2. The lowest BCUT2D eigenvalue weighted by molar-refractivity contribution is 0.0601. The van der Waals surface area contributed by atoms with E-state index in [-0.39, 0.29) is 5.97 Å². The largest absolute Gasteiger partial charge is 0.497 e. The molecule has 0 atom stereocenters. The van der Waals surface area contributed by atoms with Crippen molar-refractivity contribution >= 4 is 16.4 Å². The average molecular weight is 406 g/mol. The zero-order valence-electron chi connectivity index (χ0n) is 15.0. The van der Waals surface area contributed by atoms with Crippen LogP contribution >= 0.6 is 0 Å². The van der Waals surface area contributed by atoms with E-state index in [9.17, 15) is 4.79 Å². The monoisotopic (exact) mass is 406 g/mol. The summed E-state index contributed by atoms with van der Waals surface area (Å²) in [7, 11) is -1.67. The standard InChI is InChI=1S/C18H16N2O3.H2O4S/c1-22-13-9-7-12(8-10-13)16-11-17(20-19-16)14-5-3-4-6-15(14)18(21)23-2;1-5(2,3)4/h3-11H,1-2H3,(H,19,20);(H2,1,2,3,4). The summed E-state index contributed by atoms with van der Waals surface area (Å²) in [5.74, 6) is 0.416. The fourth-order valence-electron chi connectivity index (χ4n) is 2.37. The molecule has 0 fully saturated rings. The molecule has 3 aromatic rings. The third-order valence-corrected chi connectivity index (χ3v) is 3.59. The van der Waals surface area contributed by atoms with Crippen LogP contribution in [0.25, 0.3) is 22.5 Å². The highest BCUT2D eigenvalue weighted by Gasteiger charge is 2.15. The summed E-state index contributed by atoms with van der Waals surface area (Å²) < 4.78 is 41.6. The number of aromatic amines is 1. The Morgan fingerprint density at radius 1 is 1.04 bits per heavy atom. The van der Waals surface area contributed by atoms with Crippen molar-refractivity contribution in [3.05, 3.63) is 60.2 Å². The Morgan fingerprint density at radius 2 is 1.64 bits per heavy atom. The first kappa shape index (κ1) is 21.1. The third kappa shape index (κ3) is 5.91. The van der Waals surface area contributed by atoms with Crippen LogP contribution in [-0.4, -0.2) is 47.9 Å². The average Bonchev–Trinajstić information content (AvgIpc) is 3.16. The SMILES string of the molecule is COC(=O)c1ccccc1-c1cc(-c2ccc(OC)cc2)[nH]n1.O=S(=O)(O)O. The number of nitrogens with one attached hydrogen (secondary N) is 1. The van der Waals surface area contributed by atoms with Gasteiger partial charge >= 0.3 is 16.4 Å². The number of aromatic nitrogens is 2. The molecule has 0 saturated heterocycles. The second kappa shape index (κ2) is 9.13. The Hall–Kier alpha value is -3.21. The molecular weight excluding hydrogens is 388 g/mol. The molecule has 148 valence electrons. The van der Waals surface area contributed by atoms with Crippen LogP contribution in [0.2, 0.25) is 0 Å². The Balaban J connectivity index is 0.000000500. The van der Waals surface area contributed by atoms with Gasteiger partial charge in [0.1, 0.15) is 5.75 Å². The molecular formula is C18H18N2O7S. The molecule has 0 aliphatic carbocycles. The van der Waals surface area contributed by atoms with E-state index < -0.39 is 10.4 Å². The molecule has 0 aliphatic rings. The number of benzene rings is 2. The Bertz CT molecular complexity index is 1040. The summed E-state index contributed by atoms with van der Waals surface area (Å²) in [5.41, 5.74) is 3.76. The fourth-order valence-corrected chi connectivity index (χ4v) is 2.37. The van der Waals surface area contributed by atoms with Crippen molar-refractivity contribution in [3.8, 4) is 28.3 Å². The molecule has 1 heterocycles. The molecule has 0 spiro atoms. The Labute approximate surface area is 161 Å². The summed E-state index contributed by atoms with van der Waals surface area (Å²) in [6, 6.07) is 16.8. The van der Waals surface area contributed by atoms with Crippen LogP contribution in [0.1, 0.15) is 10.4 Å². The normalized spacial score (nSPS) is 10.6. The molecule has 0 aliphatic heterocycles. The van der Waals surface area contributed by atoms with Gasteiger partial charge in [-0.2, -0.15) is 13.5 Å². The maximum atomic E-state index is 11.9. The van der Waals surface area contributed by atoms with Crippen LogP contribution < -0.4 is 4.74 Å². The van der Waals surface area contributed by atoms with E-state index in [4.69, 9.17) is 27.0 Å². The van der Waals surface area contributed by atoms with E-state index in [2.05, 4.69) is 10.2 Å². The van der Waals surface area contributed by atoms with Gasteiger partial charge in [-0.15, -0.1) is 0 Å². The van der Waals surface area contributed by atoms with E-state index in [1.807, 2.05) is 42.5 Å². The van der Waals surface area contributed by atoms with Gasteiger partial charge in [-0.3, -0.25) is 14.2 Å². The van der Waals surface area contributed by atoms with Crippen LogP contribution in [0.15, 0.2) is 54.6 Å². The van der Waals surface area contributed by atoms with E-state index in [1.165, 1.54) is 7.11 Å². The van der Waals surface area contributed by atoms with Gasteiger partial charge in [-0.1, -0.05) is 18.2 Å². The zero-order valence-corrected chi connectivity index (χ0v) is 15.8. The molecule has 9 nitrogen and oxygen atoms in total. The number of methoxy groups -OCH3 is 2. The molecule has 10 heteroatoms. The van der Waals surface area contributed by atoms with Gasteiger partial charge in [0.05, 0.1) is 31.2 Å². The maximum Gasteiger partial charge on any atom is 0.394 e. The van der Waals surface area contributed by atoms with Gasteiger partial charge < -0.3 is 9.47 Å². The van der Waals surface area contributed by atoms with E-state index >= 15 is 0 Å². The molecule has 2 aromatic carbocycles. The lowest BCUT2D eigenvalue weighted by Crippen LogP contribution is -2.03. The molecule has 0 bridgehead atoms. The lowest BCUT2D eigenvalue weighted by atomic mass is 10.0. The molecule has 28 heavy (non-hydrogen) atoms. The van der Waals surface area contributed by atoms with Crippen LogP contribution in [0.5, 0.6) is 5.75 Å². The molecule has 0 unspecified atom stereocenters. The predicted octanol–water partition coefficient (Wildman–Crippen LogP) is 2.89. The molecule has 0 saturated carbocycles. The number of carbonyl (C=O) groups is 1. The minimum absolute atomic E-state index is 0.380. The highest BCUT2D eigenvalue weighted by Crippen LogP contribution is 2.27. The van der Waals surface area contributed by atoms with Crippen molar-refractivity contribution in [1.82, 2.24) is 10.2 Å². The van der Waals surface area contributed by atoms with Crippen LogP contribution in [-0.2, 0) is 15.1 Å². The molecule has 1 aromatic heterocycles. The van der Waals surface area contributed by atoms with Crippen molar-refractivity contribution in [1.29, 1.82) is 0 Å². The van der Waals surface area contributed by atoms with Crippen molar-refractivity contribution in [2.75, 3.05) is 14.2 Å². The Morgan fingerprint density at radius 3 is 2.21 bits per heavy atom. The van der Waals surface area contributed by atoms with Crippen LogP contribution in [0, 0.1) is 0 Å². The summed E-state index contributed by atoms with van der Waals surface area (Å²) in [6.07, 6.45) is 0. The number of H-pyrrole nitrogens is 1. The lowest BCUT2D eigenvalue weighted by Gasteiger charge is -2.04. The van der Waals surface area contributed by atoms with Crippen LogP contribution in [0.4, 0.5) is 0 Å². The minimum atomic E-state index is -4.67.